The highest BCUT2D eigenvalue weighted by atomic mass is 35.5. The van der Waals surface area contributed by atoms with Crippen LogP contribution in [-0.4, -0.2) is 50.8 Å². The van der Waals surface area contributed by atoms with Crippen molar-refractivity contribution in [2.45, 2.75) is 26.0 Å². The van der Waals surface area contributed by atoms with E-state index in [0.717, 1.165) is 6.26 Å². The number of sulfonamides is 1. The highest BCUT2D eigenvalue weighted by Crippen LogP contribution is 2.25. The van der Waals surface area contributed by atoms with Crippen molar-refractivity contribution in [2.24, 2.45) is 0 Å². The highest BCUT2D eigenvalue weighted by Gasteiger charge is 2.28. The SMILES string of the molecule is C[C@@H]1CN(C(=O)c2ccc(Cl)c(NS(C)(=O)=O)c2)[C@H](C)CO1. The molecule has 0 bridgehead atoms. The predicted molar refractivity (Wildman–Crippen MR) is 85.8 cm³/mol. The first-order valence-electron chi connectivity index (χ1n) is 6.87. The maximum Gasteiger partial charge on any atom is 0.254 e. The van der Waals surface area contributed by atoms with E-state index in [1.54, 1.807) is 11.0 Å². The number of ether oxygens (including phenoxy) is 1. The second-order valence-corrected chi connectivity index (χ2v) is 7.67. The molecule has 8 heteroatoms. The zero-order valence-corrected chi connectivity index (χ0v) is 14.2. The first-order chi connectivity index (χ1) is 10.2. The molecule has 122 valence electrons. The summed E-state index contributed by atoms with van der Waals surface area (Å²) in [4.78, 5) is 14.4. The van der Waals surface area contributed by atoms with E-state index in [4.69, 9.17) is 16.3 Å². The van der Waals surface area contributed by atoms with E-state index in [0.29, 0.717) is 18.7 Å². The number of anilines is 1. The van der Waals surface area contributed by atoms with Gasteiger partial charge in [0.05, 0.1) is 35.7 Å². The first kappa shape index (κ1) is 17.1. The monoisotopic (exact) mass is 346 g/mol. The van der Waals surface area contributed by atoms with Crippen LogP contribution in [0.3, 0.4) is 0 Å². The van der Waals surface area contributed by atoms with Crippen LogP contribution in [0.15, 0.2) is 18.2 Å². The molecule has 1 aliphatic heterocycles. The molecule has 1 aliphatic rings. The first-order valence-corrected chi connectivity index (χ1v) is 9.14. The fraction of sp³-hybridized carbons (Fsp3) is 0.500. The van der Waals surface area contributed by atoms with Gasteiger partial charge >= 0.3 is 0 Å². The normalized spacial score (nSPS) is 22.5. The minimum atomic E-state index is -3.47. The number of hydrogen-bond acceptors (Lipinski definition) is 4. The molecule has 1 aromatic rings. The lowest BCUT2D eigenvalue weighted by Gasteiger charge is -2.36. The van der Waals surface area contributed by atoms with Crippen molar-refractivity contribution in [3.05, 3.63) is 28.8 Å². The molecule has 1 fully saturated rings. The molecular weight excluding hydrogens is 328 g/mol. The van der Waals surface area contributed by atoms with Gasteiger partial charge in [-0.25, -0.2) is 8.42 Å². The average Bonchev–Trinajstić information content (AvgIpc) is 2.42. The van der Waals surface area contributed by atoms with Gasteiger partial charge in [0.15, 0.2) is 0 Å². The minimum absolute atomic E-state index is 0.0268. The topological polar surface area (TPSA) is 75.7 Å². The average molecular weight is 347 g/mol. The number of amides is 1. The fourth-order valence-electron chi connectivity index (χ4n) is 2.29. The van der Waals surface area contributed by atoms with E-state index >= 15 is 0 Å². The number of morpholine rings is 1. The Hall–Kier alpha value is -1.31. The summed E-state index contributed by atoms with van der Waals surface area (Å²) < 4.78 is 30.5. The number of rotatable bonds is 3. The lowest BCUT2D eigenvalue weighted by Crippen LogP contribution is -2.50. The summed E-state index contributed by atoms with van der Waals surface area (Å²) in [7, 11) is -3.47. The van der Waals surface area contributed by atoms with Crippen molar-refractivity contribution in [1.29, 1.82) is 0 Å². The van der Waals surface area contributed by atoms with Crippen LogP contribution in [0.1, 0.15) is 24.2 Å². The van der Waals surface area contributed by atoms with Gasteiger partial charge in [-0.1, -0.05) is 11.6 Å². The number of nitrogens with zero attached hydrogens (tertiary/aromatic N) is 1. The van der Waals surface area contributed by atoms with Crippen LogP contribution in [0.2, 0.25) is 5.02 Å². The summed E-state index contributed by atoms with van der Waals surface area (Å²) in [5, 5.41) is 0.241. The van der Waals surface area contributed by atoms with Crippen molar-refractivity contribution >= 4 is 33.2 Å². The van der Waals surface area contributed by atoms with E-state index in [9.17, 15) is 13.2 Å². The molecule has 1 amide bonds. The van der Waals surface area contributed by atoms with Crippen molar-refractivity contribution in [2.75, 3.05) is 24.1 Å². The predicted octanol–water partition coefficient (Wildman–Crippen LogP) is 1.96. The van der Waals surface area contributed by atoms with Crippen LogP contribution in [-0.2, 0) is 14.8 Å². The highest BCUT2D eigenvalue weighted by molar-refractivity contribution is 7.92. The zero-order valence-electron chi connectivity index (χ0n) is 12.7. The molecular formula is C14H19ClN2O4S. The molecule has 0 spiro atoms. The van der Waals surface area contributed by atoms with Gasteiger partial charge in [0.1, 0.15) is 0 Å². The number of halogens is 1. The third kappa shape index (κ3) is 4.12. The third-order valence-corrected chi connectivity index (χ3v) is 4.30. The second-order valence-electron chi connectivity index (χ2n) is 5.52. The minimum Gasteiger partial charge on any atom is -0.375 e. The Morgan fingerprint density at radius 2 is 2.09 bits per heavy atom. The zero-order chi connectivity index (χ0) is 16.5. The van der Waals surface area contributed by atoms with E-state index < -0.39 is 10.0 Å². The number of hydrogen-bond donors (Lipinski definition) is 1. The molecule has 1 saturated heterocycles. The fourth-order valence-corrected chi connectivity index (χ4v) is 3.08. The summed E-state index contributed by atoms with van der Waals surface area (Å²) in [6.07, 6.45) is 1.00. The number of carbonyl (C=O) groups excluding carboxylic acids is 1. The van der Waals surface area contributed by atoms with Gasteiger partial charge in [-0.15, -0.1) is 0 Å². The quantitative estimate of drug-likeness (QED) is 0.907. The molecule has 0 aromatic heterocycles. The Labute approximate surface area is 135 Å². The van der Waals surface area contributed by atoms with E-state index in [2.05, 4.69) is 4.72 Å². The van der Waals surface area contributed by atoms with Gasteiger partial charge < -0.3 is 9.64 Å². The van der Waals surface area contributed by atoms with Gasteiger partial charge in [-0.3, -0.25) is 9.52 Å². The Balaban J connectivity index is 2.28. The van der Waals surface area contributed by atoms with Gasteiger partial charge in [0.25, 0.3) is 5.91 Å². The Morgan fingerprint density at radius 1 is 1.41 bits per heavy atom. The molecule has 2 rings (SSSR count). The van der Waals surface area contributed by atoms with Crippen molar-refractivity contribution in [1.82, 2.24) is 4.90 Å². The summed E-state index contributed by atoms with van der Waals surface area (Å²) in [6.45, 7) is 4.80. The van der Waals surface area contributed by atoms with E-state index in [1.165, 1.54) is 12.1 Å². The molecule has 0 radical (unpaired) electrons. The maximum atomic E-state index is 12.6. The summed E-state index contributed by atoms with van der Waals surface area (Å²) in [5.41, 5.74) is 0.584. The van der Waals surface area contributed by atoms with Gasteiger partial charge in [0, 0.05) is 12.1 Å². The van der Waals surface area contributed by atoms with Crippen molar-refractivity contribution in [3.63, 3.8) is 0 Å². The molecule has 1 heterocycles. The molecule has 22 heavy (non-hydrogen) atoms. The van der Waals surface area contributed by atoms with Crippen LogP contribution < -0.4 is 4.72 Å². The molecule has 0 saturated carbocycles. The summed E-state index contributed by atoms with van der Waals surface area (Å²) >= 11 is 5.97. The van der Waals surface area contributed by atoms with Gasteiger partial charge in [-0.05, 0) is 32.0 Å². The smallest absolute Gasteiger partial charge is 0.254 e. The Morgan fingerprint density at radius 3 is 2.73 bits per heavy atom. The lowest BCUT2D eigenvalue weighted by atomic mass is 10.1. The largest absolute Gasteiger partial charge is 0.375 e. The van der Waals surface area contributed by atoms with Crippen LogP contribution >= 0.6 is 11.6 Å². The maximum absolute atomic E-state index is 12.6. The third-order valence-electron chi connectivity index (χ3n) is 3.38. The standard InChI is InChI=1S/C14H19ClN2O4S/c1-9-8-21-10(2)7-17(9)14(18)11-4-5-12(15)13(6-11)16-22(3,19)20/h4-6,9-10,16H,7-8H2,1-3H3/t9-,10-/m1/s1. The molecule has 0 aliphatic carbocycles. The second kappa shape index (κ2) is 6.44. The molecule has 6 nitrogen and oxygen atoms in total. The molecule has 2 atom stereocenters. The number of benzene rings is 1. The van der Waals surface area contributed by atoms with Crippen molar-refractivity contribution < 1.29 is 17.9 Å². The molecule has 1 aromatic carbocycles. The van der Waals surface area contributed by atoms with E-state index in [1.807, 2.05) is 13.8 Å². The molecule has 0 unspecified atom stereocenters. The lowest BCUT2D eigenvalue weighted by molar-refractivity contribution is -0.0387. The van der Waals surface area contributed by atoms with Gasteiger partial charge in [-0.2, -0.15) is 0 Å². The number of nitrogens with one attached hydrogen (secondary N) is 1. The number of carbonyl (C=O) groups is 1. The van der Waals surface area contributed by atoms with Crippen LogP contribution in [0, 0.1) is 0 Å². The summed E-state index contributed by atoms with van der Waals surface area (Å²) in [5.74, 6) is -0.170. The van der Waals surface area contributed by atoms with Crippen LogP contribution in [0.25, 0.3) is 0 Å². The Bertz CT molecular complexity index is 677. The van der Waals surface area contributed by atoms with Crippen LogP contribution in [0.5, 0.6) is 0 Å². The molecule has 1 N–H and O–H groups in total. The van der Waals surface area contributed by atoms with Crippen LogP contribution in [0.4, 0.5) is 5.69 Å². The van der Waals surface area contributed by atoms with E-state index in [-0.39, 0.29) is 28.8 Å². The van der Waals surface area contributed by atoms with Crippen molar-refractivity contribution in [3.8, 4) is 0 Å². The van der Waals surface area contributed by atoms with Gasteiger partial charge in [0.2, 0.25) is 10.0 Å². The Kier molecular flexibility index (Phi) is 4.99. The summed E-state index contributed by atoms with van der Waals surface area (Å²) in [6, 6.07) is 4.52.